The molecular formula is C25H17N7O5. The number of carbonyl (C=O) groups excluding carboxylic acids is 3. The van der Waals surface area contributed by atoms with E-state index in [4.69, 9.17) is 0 Å². The molecule has 182 valence electrons. The smallest absolute Gasteiger partial charge is 0.282 e. The summed E-state index contributed by atoms with van der Waals surface area (Å²) in [5.41, 5.74) is 0.888. The number of aromatic nitrogens is 3. The van der Waals surface area contributed by atoms with Gasteiger partial charge >= 0.3 is 0 Å². The van der Waals surface area contributed by atoms with Crippen LogP contribution < -0.4 is 5.32 Å². The Morgan fingerprint density at radius 3 is 2.70 bits per heavy atom. The molecule has 4 aromatic rings. The van der Waals surface area contributed by atoms with Crippen LogP contribution in [0, 0.1) is 28.4 Å². The van der Waals surface area contributed by atoms with Gasteiger partial charge < -0.3 is 5.32 Å². The quantitative estimate of drug-likeness (QED) is 0.242. The predicted octanol–water partition coefficient (Wildman–Crippen LogP) is 3.13. The summed E-state index contributed by atoms with van der Waals surface area (Å²) in [7, 11) is 0. The van der Waals surface area contributed by atoms with E-state index in [1.807, 2.05) is 37.3 Å². The van der Waals surface area contributed by atoms with E-state index in [1.165, 1.54) is 23.0 Å². The standard InChI is InChI=1S/C25H17N7O5/c1-14-11-20(28-18-7-3-2-5-16(14)18)31-23(15(12-26)13-27-31)29-21(33)9-10-30-24(34)17-6-4-8-19(32(36)37)22(17)25(30)35/h2-8,11,13H,9-10H2,1H3,(H,29,33). The Morgan fingerprint density at radius 1 is 1.16 bits per heavy atom. The van der Waals surface area contributed by atoms with Crippen molar-refractivity contribution in [2.45, 2.75) is 13.3 Å². The van der Waals surface area contributed by atoms with Gasteiger partial charge in [-0.2, -0.15) is 15.0 Å². The zero-order chi connectivity index (χ0) is 26.3. The third-order valence-electron chi connectivity index (χ3n) is 6.01. The third-order valence-corrected chi connectivity index (χ3v) is 6.01. The fourth-order valence-electron chi connectivity index (χ4n) is 4.24. The van der Waals surface area contributed by atoms with Crippen LogP contribution in [0.2, 0.25) is 0 Å². The minimum Gasteiger partial charge on any atom is -0.309 e. The molecule has 1 N–H and O–H groups in total. The molecule has 3 amide bonds. The highest BCUT2D eigenvalue weighted by Crippen LogP contribution is 2.31. The van der Waals surface area contributed by atoms with Gasteiger partial charge in [0, 0.05) is 24.4 Å². The number of carbonyl (C=O) groups is 3. The van der Waals surface area contributed by atoms with E-state index in [2.05, 4.69) is 15.4 Å². The van der Waals surface area contributed by atoms with Crippen molar-refractivity contribution in [2.75, 3.05) is 11.9 Å². The fraction of sp³-hybridized carbons (Fsp3) is 0.120. The number of hydrogen-bond acceptors (Lipinski definition) is 8. The molecule has 0 spiro atoms. The highest BCUT2D eigenvalue weighted by molar-refractivity contribution is 6.23. The summed E-state index contributed by atoms with van der Waals surface area (Å²) >= 11 is 0. The Hall–Kier alpha value is -5.44. The molecule has 2 aromatic heterocycles. The van der Waals surface area contributed by atoms with Crippen LogP contribution in [0.4, 0.5) is 11.5 Å². The lowest BCUT2D eigenvalue weighted by atomic mass is 10.1. The summed E-state index contributed by atoms with van der Waals surface area (Å²) in [5, 5.41) is 28.6. The summed E-state index contributed by atoms with van der Waals surface area (Å²) in [6, 6.07) is 15.1. The second kappa shape index (κ2) is 8.97. The highest BCUT2D eigenvalue weighted by atomic mass is 16.6. The molecule has 1 aliphatic heterocycles. The number of nitrogens with zero attached hydrogens (tertiary/aromatic N) is 6. The molecule has 0 saturated carbocycles. The van der Waals surface area contributed by atoms with Gasteiger partial charge in [-0.3, -0.25) is 29.4 Å². The van der Waals surface area contributed by atoms with Crippen LogP contribution in [0.3, 0.4) is 0 Å². The molecule has 5 rings (SSSR count). The number of amides is 3. The summed E-state index contributed by atoms with van der Waals surface area (Å²) in [5.74, 6) is -1.66. The maximum atomic E-state index is 12.8. The first kappa shape index (κ1) is 23.3. The molecular weight excluding hydrogens is 478 g/mol. The van der Waals surface area contributed by atoms with Crippen LogP contribution in [0.15, 0.2) is 54.7 Å². The monoisotopic (exact) mass is 495 g/mol. The van der Waals surface area contributed by atoms with Crippen molar-refractivity contribution in [3.05, 3.63) is 87.1 Å². The minimum atomic E-state index is -0.835. The number of nitro groups is 1. The van der Waals surface area contributed by atoms with Gasteiger partial charge in [-0.05, 0) is 30.7 Å². The zero-order valence-corrected chi connectivity index (χ0v) is 19.3. The van der Waals surface area contributed by atoms with E-state index in [0.717, 1.165) is 21.9 Å². The van der Waals surface area contributed by atoms with Gasteiger partial charge in [0.05, 0.1) is 22.2 Å². The summed E-state index contributed by atoms with van der Waals surface area (Å²) in [6.07, 6.45) is 0.991. The second-order valence-electron chi connectivity index (χ2n) is 8.26. The summed E-state index contributed by atoms with van der Waals surface area (Å²) < 4.78 is 1.33. The Kier molecular flexibility index (Phi) is 5.65. The molecule has 0 saturated heterocycles. The molecule has 0 radical (unpaired) electrons. The van der Waals surface area contributed by atoms with Crippen LogP contribution in [-0.4, -0.2) is 48.9 Å². The number of rotatable bonds is 6. The van der Waals surface area contributed by atoms with Crippen molar-refractivity contribution in [1.29, 1.82) is 5.26 Å². The normalized spacial score (nSPS) is 12.5. The van der Waals surface area contributed by atoms with Crippen molar-refractivity contribution in [3.63, 3.8) is 0 Å². The zero-order valence-electron chi connectivity index (χ0n) is 19.3. The number of benzene rings is 2. The summed E-state index contributed by atoms with van der Waals surface area (Å²) in [4.78, 5) is 54.2. The van der Waals surface area contributed by atoms with Crippen molar-refractivity contribution in [2.24, 2.45) is 0 Å². The lowest BCUT2D eigenvalue weighted by Crippen LogP contribution is -2.33. The van der Waals surface area contributed by atoms with Crippen LogP contribution in [0.25, 0.3) is 16.7 Å². The maximum absolute atomic E-state index is 12.8. The molecule has 0 unspecified atom stereocenters. The predicted molar refractivity (Wildman–Crippen MR) is 130 cm³/mol. The SMILES string of the molecule is Cc1cc(-n2ncc(C#N)c2NC(=O)CCN2C(=O)c3cccc([N+](=O)[O-])c3C2=O)nc2ccccc12. The van der Waals surface area contributed by atoms with Gasteiger partial charge in [0.1, 0.15) is 17.2 Å². The average Bonchev–Trinajstić information content (AvgIpc) is 3.40. The molecule has 37 heavy (non-hydrogen) atoms. The van der Waals surface area contributed by atoms with Crippen molar-refractivity contribution in [1.82, 2.24) is 19.7 Å². The number of para-hydroxylation sites is 1. The Bertz CT molecular complexity index is 1680. The summed E-state index contributed by atoms with van der Waals surface area (Å²) in [6.45, 7) is 1.60. The number of hydrogen-bond donors (Lipinski definition) is 1. The highest BCUT2D eigenvalue weighted by Gasteiger charge is 2.40. The molecule has 0 fully saturated rings. The third kappa shape index (κ3) is 3.94. The Morgan fingerprint density at radius 2 is 1.95 bits per heavy atom. The molecule has 12 heteroatoms. The van der Waals surface area contributed by atoms with E-state index in [-0.39, 0.29) is 35.5 Å². The number of nitro benzene ring substituents is 1. The lowest BCUT2D eigenvalue weighted by Gasteiger charge is -2.14. The molecule has 0 atom stereocenters. The molecule has 1 aliphatic rings. The number of aryl methyl sites for hydroxylation is 1. The van der Waals surface area contributed by atoms with E-state index in [9.17, 15) is 29.8 Å². The topological polar surface area (TPSA) is 164 Å². The Labute approximate surface area is 208 Å². The first-order valence-corrected chi connectivity index (χ1v) is 11.1. The minimum absolute atomic E-state index is 0.0813. The van der Waals surface area contributed by atoms with Crippen LogP contribution in [0.5, 0.6) is 0 Å². The molecule has 0 bridgehead atoms. The van der Waals surface area contributed by atoms with E-state index in [1.54, 1.807) is 6.07 Å². The second-order valence-corrected chi connectivity index (χ2v) is 8.26. The van der Waals surface area contributed by atoms with Crippen molar-refractivity contribution in [3.8, 4) is 11.9 Å². The van der Waals surface area contributed by atoms with Gasteiger partial charge in [-0.15, -0.1) is 0 Å². The Balaban J connectivity index is 1.37. The number of fused-ring (bicyclic) bond motifs is 2. The van der Waals surface area contributed by atoms with Crippen LogP contribution >= 0.6 is 0 Å². The van der Waals surface area contributed by atoms with E-state index < -0.39 is 28.3 Å². The van der Waals surface area contributed by atoms with E-state index >= 15 is 0 Å². The lowest BCUT2D eigenvalue weighted by molar-refractivity contribution is -0.385. The van der Waals surface area contributed by atoms with E-state index in [0.29, 0.717) is 11.3 Å². The molecule has 0 aliphatic carbocycles. The van der Waals surface area contributed by atoms with Crippen LogP contribution in [-0.2, 0) is 4.79 Å². The van der Waals surface area contributed by atoms with Gasteiger partial charge in [-0.1, -0.05) is 24.3 Å². The largest absolute Gasteiger partial charge is 0.309 e. The molecule has 3 heterocycles. The maximum Gasteiger partial charge on any atom is 0.282 e. The van der Waals surface area contributed by atoms with Gasteiger partial charge in [-0.25, -0.2) is 4.98 Å². The number of imide groups is 1. The van der Waals surface area contributed by atoms with Gasteiger partial charge in [0.15, 0.2) is 11.6 Å². The van der Waals surface area contributed by atoms with Crippen LogP contribution in [0.1, 0.15) is 38.3 Å². The van der Waals surface area contributed by atoms with Crippen molar-refractivity contribution < 1.29 is 19.3 Å². The molecule has 12 nitrogen and oxygen atoms in total. The van der Waals surface area contributed by atoms with Gasteiger partial charge in [0.2, 0.25) is 5.91 Å². The van der Waals surface area contributed by atoms with Crippen molar-refractivity contribution >= 4 is 40.1 Å². The first-order chi connectivity index (χ1) is 17.8. The van der Waals surface area contributed by atoms with Gasteiger partial charge in [0.25, 0.3) is 17.5 Å². The number of pyridine rings is 1. The number of nitrogens with one attached hydrogen (secondary N) is 1. The first-order valence-electron chi connectivity index (χ1n) is 11.1. The fourth-order valence-corrected chi connectivity index (χ4v) is 4.24. The number of nitriles is 1. The molecule has 2 aromatic carbocycles. The average molecular weight is 495 g/mol. The number of anilines is 1.